The fourth-order valence-corrected chi connectivity index (χ4v) is 2.96. The van der Waals surface area contributed by atoms with Crippen LogP contribution < -0.4 is 10.1 Å². The van der Waals surface area contributed by atoms with Gasteiger partial charge >= 0.3 is 0 Å². The van der Waals surface area contributed by atoms with Crippen LogP contribution in [0.1, 0.15) is 39.0 Å². The van der Waals surface area contributed by atoms with Crippen molar-refractivity contribution in [1.82, 2.24) is 4.90 Å². The molecule has 0 bridgehead atoms. The number of non-ortho nitro benzene ring substituents is 1. The number of hydrogen-bond acceptors (Lipinski definition) is 5. The molecule has 1 N–H and O–H groups in total. The summed E-state index contributed by atoms with van der Waals surface area (Å²) in [6.45, 7) is 3.74. The largest absolute Gasteiger partial charge is 0.494 e. The van der Waals surface area contributed by atoms with Crippen molar-refractivity contribution in [2.75, 3.05) is 25.5 Å². The van der Waals surface area contributed by atoms with Crippen LogP contribution in [0, 0.1) is 10.1 Å². The zero-order valence-electron chi connectivity index (χ0n) is 14.3. The topological polar surface area (TPSA) is 84.7 Å². The lowest BCUT2D eigenvalue weighted by Gasteiger charge is -2.29. The van der Waals surface area contributed by atoms with Crippen molar-refractivity contribution in [2.24, 2.45) is 0 Å². The number of nitrogens with zero attached hydrogens (tertiary/aromatic N) is 2. The Morgan fingerprint density at radius 1 is 1.25 bits per heavy atom. The van der Waals surface area contributed by atoms with Crippen LogP contribution >= 0.6 is 0 Å². The first-order valence-corrected chi connectivity index (χ1v) is 8.40. The summed E-state index contributed by atoms with van der Waals surface area (Å²) in [6, 6.07) is 3.94. The van der Waals surface area contributed by atoms with Gasteiger partial charge in [-0.3, -0.25) is 19.8 Å². The van der Waals surface area contributed by atoms with Gasteiger partial charge in [0.05, 0.1) is 29.8 Å². The zero-order valence-corrected chi connectivity index (χ0v) is 14.3. The molecular formula is C17H25N3O4. The molecule has 0 unspecified atom stereocenters. The lowest BCUT2D eigenvalue weighted by molar-refractivity contribution is -0.384. The van der Waals surface area contributed by atoms with Crippen molar-refractivity contribution < 1.29 is 14.5 Å². The molecule has 0 aromatic heterocycles. The van der Waals surface area contributed by atoms with E-state index in [1.165, 1.54) is 44.6 Å². The molecule has 24 heavy (non-hydrogen) atoms. The molecule has 0 saturated carbocycles. The van der Waals surface area contributed by atoms with Crippen LogP contribution in [0.2, 0.25) is 0 Å². The predicted molar refractivity (Wildman–Crippen MR) is 92.4 cm³/mol. The van der Waals surface area contributed by atoms with Gasteiger partial charge in [-0.1, -0.05) is 19.3 Å². The van der Waals surface area contributed by atoms with Crippen LogP contribution in [0.25, 0.3) is 0 Å². The minimum absolute atomic E-state index is 0.0679. The van der Waals surface area contributed by atoms with Crippen LogP contribution in [0.4, 0.5) is 11.4 Å². The van der Waals surface area contributed by atoms with E-state index in [2.05, 4.69) is 10.2 Å². The van der Waals surface area contributed by atoms with Crippen molar-refractivity contribution >= 4 is 17.3 Å². The molecule has 2 rings (SSSR count). The Bertz CT molecular complexity index is 583. The summed E-state index contributed by atoms with van der Waals surface area (Å²) < 4.78 is 5.17. The summed E-state index contributed by atoms with van der Waals surface area (Å²) in [4.78, 5) is 25.1. The van der Waals surface area contributed by atoms with Gasteiger partial charge in [0.15, 0.2) is 0 Å². The average Bonchev–Trinajstić information content (AvgIpc) is 2.54. The Morgan fingerprint density at radius 2 is 1.88 bits per heavy atom. The van der Waals surface area contributed by atoms with Crippen LogP contribution in [-0.2, 0) is 4.79 Å². The smallest absolute Gasteiger partial charge is 0.273 e. The maximum atomic E-state index is 12.6. The second-order valence-corrected chi connectivity index (χ2v) is 6.11. The second-order valence-electron chi connectivity index (χ2n) is 6.11. The highest BCUT2D eigenvalue weighted by molar-refractivity contribution is 5.96. The van der Waals surface area contributed by atoms with Gasteiger partial charge in [-0.25, -0.2) is 0 Å². The third-order valence-corrected chi connectivity index (χ3v) is 4.47. The minimum atomic E-state index is -0.489. The molecule has 132 valence electrons. The Morgan fingerprint density at radius 3 is 2.46 bits per heavy atom. The van der Waals surface area contributed by atoms with E-state index in [1.54, 1.807) is 0 Å². The maximum absolute atomic E-state index is 12.6. The fraction of sp³-hybridized carbons (Fsp3) is 0.588. The Balaban J connectivity index is 2.06. The molecule has 1 aliphatic heterocycles. The molecule has 0 aliphatic carbocycles. The molecular weight excluding hydrogens is 310 g/mol. The molecule has 1 aromatic rings. The number of likely N-dealkylation sites (tertiary alicyclic amines) is 1. The summed E-state index contributed by atoms with van der Waals surface area (Å²) in [5.74, 6) is 0.167. The molecule has 1 atom stereocenters. The third-order valence-electron chi connectivity index (χ3n) is 4.47. The number of methoxy groups -OCH3 is 1. The van der Waals surface area contributed by atoms with Crippen molar-refractivity contribution in [3.63, 3.8) is 0 Å². The van der Waals surface area contributed by atoms with E-state index in [4.69, 9.17) is 4.74 Å². The highest BCUT2D eigenvalue weighted by Gasteiger charge is 2.23. The van der Waals surface area contributed by atoms with Gasteiger partial charge in [0.2, 0.25) is 5.91 Å². The molecule has 1 saturated heterocycles. The normalized spacial score (nSPS) is 17.4. The first-order chi connectivity index (χ1) is 11.5. The zero-order chi connectivity index (χ0) is 17.5. The number of benzene rings is 1. The van der Waals surface area contributed by atoms with E-state index < -0.39 is 4.92 Å². The summed E-state index contributed by atoms with van der Waals surface area (Å²) in [7, 11) is 1.43. The van der Waals surface area contributed by atoms with Crippen molar-refractivity contribution in [3.8, 4) is 5.75 Å². The van der Waals surface area contributed by atoms with E-state index in [1.807, 2.05) is 6.92 Å². The van der Waals surface area contributed by atoms with E-state index in [9.17, 15) is 14.9 Å². The number of nitro groups is 1. The highest BCUT2D eigenvalue weighted by atomic mass is 16.6. The molecule has 0 radical (unpaired) electrons. The molecule has 0 spiro atoms. The number of carbonyl (C=O) groups excluding carboxylic acids is 1. The van der Waals surface area contributed by atoms with Crippen molar-refractivity contribution in [2.45, 2.75) is 45.1 Å². The molecule has 1 aliphatic rings. The van der Waals surface area contributed by atoms with Crippen LogP contribution in [-0.4, -0.2) is 42.0 Å². The molecule has 1 fully saturated rings. The van der Waals surface area contributed by atoms with Gasteiger partial charge < -0.3 is 10.1 Å². The Labute approximate surface area is 142 Å². The fourth-order valence-electron chi connectivity index (χ4n) is 2.96. The van der Waals surface area contributed by atoms with E-state index >= 15 is 0 Å². The quantitative estimate of drug-likeness (QED) is 0.660. The summed E-state index contributed by atoms with van der Waals surface area (Å²) in [5, 5.41) is 13.7. The SMILES string of the molecule is COc1cc([N+](=O)[O-])ccc1NC(=O)[C@H](C)N1CCCCCCC1. The average molecular weight is 335 g/mol. The van der Waals surface area contributed by atoms with E-state index in [0.717, 1.165) is 25.9 Å². The summed E-state index contributed by atoms with van der Waals surface area (Å²) in [6.07, 6.45) is 5.91. The van der Waals surface area contributed by atoms with E-state index in [-0.39, 0.29) is 23.4 Å². The van der Waals surface area contributed by atoms with Gasteiger partial charge in [-0.2, -0.15) is 0 Å². The van der Waals surface area contributed by atoms with Gasteiger partial charge in [-0.15, -0.1) is 0 Å². The predicted octanol–water partition coefficient (Wildman–Crippen LogP) is 3.20. The van der Waals surface area contributed by atoms with Crippen molar-refractivity contribution in [3.05, 3.63) is 28.3 Å². The first-order valence-electron chi connectivity index (χ1n) is 8.40. The van der Waals surface area contributed by atoms with Crippen molar-refractivity contribution in [1.29, 1.82) is 0 Å². The first kappa shape index (κ1) is 18.2. The Kier molecular flexibility index (Phi) is 6.54. The van der Waals surface area contributed by atoms with Gasteiger partial charge in [0.1, 0.15) is 5.75 Å². The lowest BCUT2D eigenvalue weighted by Crippen LogP contribution is -2.43. The lowest BCUT2D eigenvalue weighted by atomic mass is 10.1. The van der Waals surface area contributed by atoms with Gasteiger partial charge in [0.25, 0.3) is 5.69 Å². The van der Waals surface area contributed by atoms with Gasteiger partial charge in [0, 0.05) is 6.07 Å². The maximum Gasteiger partial charge on any atom is 0.273 e. The Hall–Kier alpha value is -2.15. The number of amides is 1. The van der Waals surface area contributed by atoms with Crippen LogP contribution in [0.5, 0.6) is 5.75 Å². The number of ether oxygens (including phenoxy) is 1. The number of nitrogens with one attached hydrogen (secondary N) is 1. The highest BCUT2D eigenvalue weighted by Crippen LogP contribution is 2.29. The minimum Gasteiger partial charge on any atom is -0.494 e. The molecule has 1 heterocycles. The molecule has 7 heteroatoms. The molecule has 1 aromatic carbocycles. The van der Waals surface area contributed by atoms with Gasteiger partial charge in [-0.05, 0) is 38.9 Å². The third kappa shape index (κ3) is 4.67. The summed E-state index contributed by atoms with van der Waals surface area (Å²) >= 11 is 0. The standard InChI is InChI=1S/C17H25N3O4/c1-13(19-10-6-4-3-5-7-11-19)17(21)18-15-9-8-14(20(22)23)12-16(15)24-2/h8-9,12-13H,3-7,10-11H2,1-2H3,(H,18,21)/t13-/m0/s1. The van der Waals surface area contributed by atoms with Crippen LogP contribution in [0.3, 0.4) is 0 Å². The number of rotatable bonds is 5. The number of carbonyl (C=O) groups is 1. The molecule has 1 amide bonds. The number of nitro benzene ring substituents is 1. The second kappa shape index (κ2) is 8.63. The number of hydrogen-bond donors (Lipinski definition) is 1. The molecule has 7 nitrogen and oxygen atoms in total. The number of anilines is 1. The summed E-state index contributed by atoms with van der Waals surface area (Å²) in [5.41, 5.74) is 0.383. The van der Waals surface area contributed by atoms with Crippen LogP contribution in [0.15, 0.2) is 18.2 Å². The monoisotopic (exact) mass is 335 g/mol. The van der Waals surface area contributed by atoms with E-state index in [0.29, 0.717) is 5.69 Å².